The molecule has 1 aliphatic rings. The lowest BCUT2D eigenvalue weighted by molar-refractivity contribution is -0.391. The van der Waals surface area contributed by atoms with Crippen LogP contribution in [0.15, 0.2) is 55.0 Å². The van der Waals surface area contributed by atoms with Crippen LogP contribution >= 0.6 is 0 Å². The molecule has 0 aliphatic carbocycles. The molecule has 4 N–H and O–H groups in total. The van der Waals surface area contributed by atoms with Gasteiger partial charge in [0.2, 0.25) is 0 Å². The number of halogens is 4. The molecule has 2 amide bonds. The minimum atomic E-state index is -4.95. The van der Waals surface area contributed by atoms with Crippen molar-refractivity contribution in [2.24, 2.45) is 0 Å². The standard InChI is InChI=1S/C24H18F4N6O5/c1-2-37-21(35)14-10-34-18(20(29)30-11-31-34)17(14)12-6-8-13(9-7-12)32-22(36)33-15-4-3-5-16-19(15)39-24(27,28)23(25,26)38-16/h3-11H,2H2,1H3,(H2,29,30,31)(H2,32,33,36). The van der Waals surface area contributed by atoms with Crippen molar-refractivity contribution in [3.05, 3.63) is 60.6 Å². The number of carbonyl (C=O) groups excluding carboxylic acids is 2. The number of nitrogen functional groups attached to an aromatic ring is 1. The molecule has 39 heavy (non-hydrogen) atoms. The van der Waals surface area contributed by atoms with Crippen LogP contribution < -0.4 is 25.8 Å². The van der Waals surface area contributed by atoms with Crippen molar-refractivity contribution in [2.45, 2.75) is 19.1 Å². The smallest absolute Gasteiger partial charge is 0.462 e. The van der Waals surface area contributed by atoms with Crippen LogP contribution in [0, 0.1) is 0 Å². The minimum absolute atomic E-state index is 0.123. The Hall–Kier alpha value is -5.08. The number of hydrogen-bond donors (Lipinski definition) is 3. The monoisotopic (exact) mass is 546 g/mol. The third kappa shape index (κ3) is 4.58. The van der Waals surface area contributed by atoms with Crippen molar-refractivity contribution in [3.63, 3.8) is 0 Å². The summed E-state index contributed by atoms with van der Waals surface area (Å²) in [5.74, 6) is -1.91. The van der Waals surface area contributed by atoms with E-state index in [0.29, 0.717) is 16.6 Å². The van der Waals surface area contributed by atoms with E-state index in [-0.39, 0.29) is 29.4 Å². The summed E-state index contributed by atoms with van der Waals surface area (Å²) in [4.78, 5) is 29.1. The van der Waals surface area contributed by atoms with Gasteiger partial charge in [0.1, 0.15) is 11.8 Å². The molecule has 5 rings (SSSR count). The van der Waals surface area contributed by atoms with Gasteiger partial charge < -0.3 is 30.6 Å². The lowest BCUT2D eigenvalue weighted by atomic mass is 10.0. The molecule has 3 heterocycles. The fourth-order valence-electron chi connectivity index (χ4n) is 3.88. The van der Waals surface area contributed by atoms with E-state index in [9.17, 15) is 27.2 Å². The van der Waals surface area contributed by atoms with Crippen LogP contribution in [0.5, 0.6) is 11.5 Å². The van der Waals surface area contributed by atoms with Gasteiger partial charge in [-0.25, -0.2) is 19.1 Å². The number of amides is 2. The molecular formula is C24H18F4N6O5. The zero-order valence-electron chi connectivity index (χ0n) is 19.9. The molecule has 0 bridgehead atoms. The first-order valence-electron chi connectivity index (χ1n) is 11.2. The fourth-order valence-corrected chi connectivity index (χ4v) is 3.88. The molecule has 0 saturated heterocycles. The second-order valence-electron chi connectivity index (χ2n) is 8.10. The Kier molecular flexibility index (Phi) is 6.12. The second-order valence-corrected chi connectivity index (χ2v) is 8.10. The van der Waals surface area contributed by atoms with Gasteiger partial charge in [0, 0.05) is 17.4 Å². The second kappa shape index (κ2) is 9.34. The summed E-state index contributed by atoms with van der Waals surface area (Å²) >= 11 is 0. The summed E-state index contributed by atoms with van der Waals surface area (Å²) in [6.45, 7) is 1.81. The Balaban J connectivity index is 1.38. The van der Waals surface area contributed by atoms with E-state index in [4.69, 9.17) is 10.5 Å². The minimum Gasteiger partial charge on any atom is -0.462 e. The molecule has 202 valence electrons. The molecule has 4 aromatic rings. The predicted octanol–water partition coefficient (Wildman–Crippen LogP) is 4.76. The molecule has 0 spiro atoms. The number of fused-ring (bicyclic) bond motifs is 2. The highest BCUT2D eigenvalue weighted by Gasteiger charge is 2.66. The molecule has 15 heteroatoms. The van der Waals surface area contributed by atoms with Gasteiger partial charge in [-0.2, -0.15) is 22.7 Å². The van der Waals surface area contributed by atoms with E-state index in [1.807, 2.05) is 0 Å². The van der Waals surface area contributed by atoms with Gasteiger partial charge in [0.05, 0.1) is 17.9 Å². The van der Waals surface area contributed by atoms with Crippen molar-refractivity contribution < 1.29 is 41.4 Å². The highest BCUT2D eigenvalue weighted by molar-refractivity contribution is 6.05. The summed E-state index contributed by atoms with van der Waals surface area (Å²) in [6.07, 6.45) is -7.14. The highest BCUT2D eigenvalue weighted by Crippen LogP contribution is 2.49. The number of urea groups is 1. The number of anilines is 3. The Morgan fingerprint density at radius 2 is 1.77 bits per heavy atom. The van der Waals surface area contributed by atoms with E-state index in [0.717, 1.165) is 6.07 Å². The third-order valence-electron chi connectivity index (χ3n) is 5.56. The number of alkyl halides is 4. The van der Waals surface area contributed by atoms with Gasteiger partial charge >= 0.3 is 24.2 Å². The summed E-state index contributed by atoms with van der Waals surface area (Å²) in [5.41, 5.74) is 7.48. The average Bonchev–Trinajstić information content (AvgIpc) is 3.27. The van der Waals surface area contributed by atoms with Crippen molar-refractivity contribution >= 4 is 34.7 Å². The molecule has 0 atom stereocenters. The first-order chi connectivity index (χ1) is 18.5. The number of benzene rings is 2. The number of nitrogens with two attached hydrogens (primary N) is 1. The Bertz CT molecular complexity index is 1590. The molecule has 2 aromatic carbocycles. The number of aromatic nitrogens is 3. The molecule has 0 radical (unpaired) electrons. The van der Waals surface area contributed by atoms with Gasteiger partial charge in [-0.3, -0.25) is 0 Å². The van der Waals surface area contributed by atoms with Crippen LogP contribution in [0.4, 0.5) is 39.5 Å². The average molecular weight is 546 g/mol. The molecule has 0 fully saturated rings. The topological polar surface area (TPSA) is 142 Å². The Morgan fingerprint density at radius 1 is 1.05 bits per heavy atom. The van der Waals surface area contributed by atoms with Crippen molar-refractivity contribution in [2.75, 3.05) is 23.0 Å². The molecule has 2 aromatic heterocycles. The van der Waals surface area contributed by atoms with Crippen LogP contribution in [-0.2, 0) is 4.74 Å². The van der Waals surface area contributed by atoms with Gasteiger partial charge in [0.15, 0.2) is 17.3 Å². The van der Waals surface area contributed by atoms with Gasteiger partial charge in [-0.15, -0.1) is 0 Å². The van der Waals surface area contributed by atoms with Crippen LogP contribution in [0.2, 0.25) is 0 Å². The SMILES string of the molecule is CCOC(=O)c1cn2ncnc(N)c2c1-c1ccc(NC(=O)Nc2cccc3c2OC(F)(F)C(F)(F)O3)cc1. The lowest BCUT2D eigenvalue weighted by Gasteiger charge is -2.32. The first kappa shape index (κ1) is 25.6. The number of esters is 1. The van der Waals surface area contributed by atoms with Gasteiger partial charge in [0.25, 0.3) is 0 Å². The highest BCUT2D eigenvalue weighted by atomic mass is 19.3. The summed E-state index contributed by atoms with van der Waals surface area (Å²) < 4.78 is 69.0. The molecule has 1 aliphatic heterocycles. The zero-order valence-corrected chi connectivity index (χ0v) is 19.9. The normalized spacial score (nSPS) is 15.0. The molecular weight excluding hydrogens is 528 g/mol. The first-order valence-corrected chi connectivity index (χ1v) is 11.2. The quantitative estimate of drug-likeness (QED) is 0.240. The van der Waals surface area contributed by atoms with E-state index in [2.05, 4.69) is 30.2 Å². The largest absolute Gasteiger partial charge is 0.507 e. The number of nitrogens with one attached hydrogen (secondary N) is 2. The number of rotatable bonds is 5. The number of hydrogen-bond acceptors (Lipinski definition) is 8. The van der Waals surface area contributed by atoms with E-state index >= 15 is 0 Å². The summed E-state index contributed by atoms with van der Waals surface area (Å²) in [5, 5.41) is 8.83. The number of carbonyl (C=O) groups is 2. The number of ether oxygens (including phenoxy) is 3. The lowest BCUT2D eigenvalue weighted by Crippen LogP contribution is -2.52. The molecule has 0 saturated carbocycles. The summed E-state index contributed by atoms with van der Waals surface area (Å²) in [6, 6.07) is 8.67. The van der Waals surface area contributed by atoms with Crippen LogP contribution in [-0.4, -0.2) is 45.4 Å². The maximum absolute atomic E-state index is 13.7. The van der Waals surface area contributed by atoms with Gasteiger partial charge in [-0.05, 0) is 36.8 Å². The Labute approximate surface area is 216 Å². The van der Waals surface area contributed by atoms with Crippen molar-refractivity contribution in [1.29, 1.82) is 0 Å². The van der Waals surface area contributed by atoms with E-state index in [1.165, 1.54) is 41.3 Å². The van der Waals surface area contributed by atoms with Crippen LogP contribution in [0.25, 0.3) is 16.6 Å². The summed E-state index contributed by atoms with van der Waals surface area (Å²) in [7, 11) is 0. The Morgan fingerprint density at radius 3 is 2.49 bits per heavy atom. The van der Waals surface area contributed by atoms with Crippen LogP contribution in [0.1, 0.15) is 17.3 Å². The van der Waals surface area contributed by atoms with E-state index in [1.54, 1.807) is 19.1 Å². The van der Waals surface area contributed by atoms with E-state index < -0.39 is 35.7 Å². The van der Waals surface area contributed by atoms with Gasteiger partial charge in [-0.1, -0.05) is 18.2 Å². The molecule has 11 nitrogen and oxygen atoms in total. The number of nitrogens with zero attached hydrogens (tertiary/aromatic N) is 3. The predicted molar refractivity (Wildman–Crippen MR) is 129 cm³/mol. The van der Waals surface area contributed by atoms with Crippen molar-refractivity contribution in [1.82, 2.24) is 14.6 Å². The van der Waals surface area contributed by atoms with Crippen LogP contribution in [0.3, 0.4) is 0 Å². The maximum atomic E-state index is 13.7. The maximum Gasteiger partial charge on any atom is 0.507 e. The fraction of sp³-hybridized carbons (Fsp3) is 0.167. The molecule has 0 unspecified atom stereocenters. The number of para-hydroxylation sites is 1. The zero-order chi connectivity index (χ0) is 27.9. The third-order valence-corrected chi connectivity index (χ3v) is 5.56. The van der Waals surface area contributed by atoms with Crippen molar-refractivity contribution in [3.8, 4) is 22.6 Å².